The summed E-state index contributed by atoms with van der Waals surface area (Å²) in [6, 6.07) is 3.71. The standard InChI is InChI=1S/C16H16N4O3/c17-19-18-11-3-8-1-2-20-6-9-4-12-13(23-7-22-12)5-10(9)14(15(8)20)16(11)21/h3-5,11,14-16,21H,1-2,6-7H2/t11?,14-,15?,16+/m0/s1. The van der Waals surface area contributed by atoms with Gasteiger partial charge in [0.2, 0.25) is 6.79 Å². The molecule has 0 bridgehead atoms. The lowest BCUT2D eigenvalue weighted by Gasteiger charge is -2.44. The first kappa shape index (κ1) is 13.2. The maximum absolute atomic E-state index is 10.8. The van der Waals surface area contributed by atoms with Crippen molar-refractivity contribution in [2.24, 2.45) is 5.11 Å². The number of aliphatic hydroxyl groups is 1. The predicted octanol–water partition coefficient (Wildman–Crippen LogP) is 2.07. The Morgan fingerprint density at radius 2 is 2.13 bits per heavy atom. The number of nitrogens with zero attached hydrogens (tertiary/aromatic N) is 4. The van der Waals surface area contributed by atoms with Gasteiger partial charge in [-0.05, 0) is 35.2 Å². The molecule has 23 heavy (non-hydrogen) atoms. The summed E-state index contributed by atoms with van der Waals surface area (Å²) in [6.07, 6.45) is 2.20. The van der Waals surface area contributed by atoms with E-state index in [0.29, 0.717) is 0 Å². The first-order valence-corrected chi connectivity index (χ1v) is 7.85. The van der Waals surface area contributed by atoms with E-state index in [1.807, 2.05) is 18.2 Å². The van der Waals surface area contributed by atoms with Crippen LogP contribution in [0.3, 0.4) is 0 Å². The summed E-state index contributed by atoms with van der Waals surface area (Å²) in [6.45, 7) is 2.06. The molecule has 1 fully saturated rings. The van der Waals surface area contributed by atoms with Crippen LogP contribution >= 0.6 is 0 Å². The average molecular weight is 312 g/mol. The molecule has 0 spiro atoms. The lowest BCUT2D eigenvalue weighted by atomic mass is 9.72. The zero-order chi connectivity index (χ0) is 15.6. The van der Waals surface area contributed by atoms with Gasteiger partial charge < -0.3 is 14.6 Å². The molecule has 0 saturated carbocycles. The van der Waals surface area contributed by atoms with E-state index < -0.39 is 12.1 Å². The Bertz CT molecular complexity index is 771. The smallest absolute Gasteiger partial charge is 0.231 e. The molecule has 7 heteroatoms. The summed E-state index contributed by atoms with van der Waals surface area (Å²) >= 11 is 0. The van der Waals surface area contributed by atoms with Gasteiger partial charge >= 0.3 is 0 Å². The molecule has 1 aromatic carbocycles. The first-order valence-electron chi connectivity index (χ1n) is 7.85. The van der Waals surface area contributed by atoms with Gasteiger partial charge in [-0.1, -0.05) is 16.8 Å². The zero-order valence-electron chi connectivity index (χ0n) is 12.4. The monoisotopic (exact) mass is 312 g/mol. The maximum Gasteiger partial charge on any atom is 0.231 e. The van der Waals surface area contributed by atoms with Crippen LogP contribution in [-0.2, 0) is 6.54 Å². The highest BCUT2D eigenvalue weighted by molar-refractivity contribution is 5.53. The summed E-state index contributed by atoms with van der Waals surface area (Å²) < 4.78 is 11.0. The molecule has 3 aliphatic heterocycles. The Kier molecular flexibility index (Phi) is 2.68. The van der Waals surface area contributed by atoms with Gasteiger partial charge in [0.05, 0.1) is 12.1 Å². The fourth-order valence-corrected chi connectivity index (χ4v) is 4.51. The number of benzene rings is 1. The SMILES string of the molecule is [N-]=[N+]=NC1C=C2CCN3Cc4cc5c(cc4[C@@H](C23)[C@@H]1O)OCO5. The van der Waals surface area contributed by atoms with Gasteiger partial charge in [-0.15, -0.1) is 0 Å². The molecule has 0 aromatic heterocycles. The van der Waals surface area contributed by atoms with Gasteiger partial charge in [-0.3, -0.25) is 4.90 Å². The number of rotatable bonds is 1. The summed E-state index contributed by atoms with van der Waals surface area (Å²) in [4.78, 5) is 5.31. The van der Waals surface area contributed by atoms with Gasteiger partial charge in [0.25, 0.3) is 0 Å². The Morgan fingerprint density at radius 3 is 2.96 bits per heavy atom. The molecular weight excluding hydrogens is 296 g/mol. The minimum atomic E-state index is -0.723. The van der Waals surface area contributed by atoms with E-state index in [0.717, 1.165) is 42.1 Å². The molecule has 0 amide bonds. The van der Waals surface area contributed by atoms with Crippen LogP contribution in [-0.4, -0.2) is 41.5 Å². The van der Waals surface area contributed by atoms with E-state index >= 15 is 0 Å². The van der Waals surface area contributed by atoms with Crippen LogP contribution < -0.4 is 9.47 Å². The van der Waals surface area contributed by atoms with Crippen LogP contribution in [0.1, 0.15) is 23.5 Å². The fourth-order valence-electron chi connectivity index (χ4n) is 4.51. The molecule has 4 atom stereocenters. The van der Waals surface area contributed by atoms with E-state index in [4.69, 9.17) is 15.0 Å². The molecule has 5 rings (SSSR count). The number of azide groups is 1. The van der Waals surface area contributed by atoms with Crippen molar-refractivity contribution in [3.63, 3.8) is 0 Å². The van der Waals surface area contributed by atoms with Crippen LogP contribution in [0.5, 0.6) is 11.5 Å². The van der Waals surface area contributed by atoms with Gasteiger partial charge in [0.1, 0.15) is 0 Å². The summed E-state index contributed by atoms with van der Waals surface area (Å²) in [5, 5.41) is 14.6. The van der Waals surface area contributed by atoms with E-state index in [-0.39, 0.29) is 18.8 Å². The minimum absolute atomic E-state index is 0.0914. The average Bonchev–Trinajstić information content (AvgIpc) is 3.16. The molecule has 1 aliphatic carbocycles. The van der Waals surface area contributed by atoms with Crippen molar-refractivity contribution in [3.05, 3.63) is 45.4 Å². The summed E-state index contributed by atoms with van der Waals surface area (Å²) in [5.74, 6) is 1.42. The molecule has 118 valence electrons. The highest BCUT2D eigenvalue weighted by Crippen LogP contribution is 2.49. The van der Waals surface area contributed by atoms with Crippen molar-refractivity contribution in [3.8, 4) is 11.5 Å². The third kappa shape index (κ3) is 1.75. The Hall–Kier alpha value is -2.21. The van der Waals surface area contributed by atoms with Gasteiger partial charge in [0.15, 0.2) is 11.5 Å². The Morgan fingerprint density at radius 1 is 1.30 bits per heavy atom. The van der Waals surface area contributed by atoms with Crippen LogP contribution in [0.25, 0.3) is 10.4 Å². The molecule has 4 aliphatic rings. The predicted molar refractivity (Wildman–Crippen MR) is 81.1 cm³/mol. The molecular formula is C16H16N4O3. The second-order valence-corrected chi connectivity index (χ2v) is 6.52. The van der Waals surface area contributed by atoms with Crippen molar-refractivity contribution in [2.75, 3.05) is 13.3 Å². The van der Waals surface area contributed by atoms with Gasteiger partial charge in [0, 0.05) is 30.0 Å². The zero-order valence-corrected chi connectivity index (χ0v) is 12.4. The van der Waals surface area contributed by atoms with Crippen LogP contribution in [0.2, 0.25) is 0 Å². The number of fused-ring (bicyclic) bond motifs is 3. The van der Waals surface area contributed by atoms with Crippen LogP contribution in [0.15, 0.2) is 28.9 Å². The van der Waals surface area contributed by atoms with E-state index in [1.165, 1.54) is 5.57 Å². The van der Waals surface area contributed by atoms with E-state index in [9.17, 15) is 5.11 Å². The lowest BCUT2D eigenvalue weighted by Crippen LogP contribution is -2.49. The second kappa shape index (κ2) is 4.64. The quantitative estimate of drug-likeness (QED) is 0.372. The van der Waals surface area contributed by atoms with Crippen molar-refractivity contribution in [2.45, 2.75) is 37.1 Å². The number of aliphatic hydroxyl groups excluding tert-OH is 1. The molecule has 1 saturated heterocycles. The number of hydrogen-bond donors (Lipinski definition) is 1. The summed E-state index contributed by atoms with van der Waals surface area (Å²) in [5.41, 5.74) is 12.3. The molecule has 7 nitrogen and oxygen atoms in total. The third-order valence-electron chi connectivity index (χ3n) is 5.46. The van der Waals surface area contributed by atoms with Crippen molar-refractivity contribution < 1.29 is 14.6 Å². The van der Waals surface area contributed by atoms with Gasteiger partial charge in [-0.2, -0.15) is 0 Å². The van der Waals surface area contributed by atoms with Crippen molar-refractivity contribution in [1.29, 1.82) is 0 Å². The highest BCUT2D eigenvalue weighted by atomic mass is 16.7. The maximum atomic E-state index is 10.8. The first-order chi connectivity index (χ1) is 11.3. The molecule has 1 N–H and O–H groups in total. The van der Waals surface area contributed by atoms with Gasteiger partial charge in [-0.25, -0.2) is 0 Å². The Labute approximate surface area is 132 Å². The number of hydrogen-bond acceptors (Lipinski definition) is 5. The molecule has 1 aromatic rings. The van der Waals surface area contributed by atoms with E-state index in [1.54, 1.807) is 0 Å². The van der Waals surface area contributed by atoms with Crippen LogP contribution in [0, 0.1) is 0 Å². The number of ether oxygens (including phenoxy) is 2. The largest absolute Gasteiger partial charge is 0.454 e. The second-order valence-electron chi connectivity index (χ2n) is 6.52. The molecule has 3 heterocycles. The van der Waals surface area contributed by atoms with Crippen molar-refractivity contribution in [1.82, 2.24) is 4.90 Å². The lowest BCUT2D eigenvalue weighted by molar-refractivity contribution is 0.0716. The molecule has 0 radical (unpaired) electrons. The molecule has 2 unspecified atom stereocenters. The Balaban J connectivity index is 1.68. The third-order valence-corrected chi connectivity index (χ3v) is 5.46. The minimum Gasteiger partial charge on any atom is -0.454 e. The van der Waals surface area contributed by atoms with Crippen molar-refractivity contribution >= 4 is 0 Å². The van der Waals surface area contributed by atoms with Crippen LogP contribution in [0.4, 0.5) is 0 Å². The highest BCUT2D eigenvalue weighted by Gasteiger charge is 2.48. The fraction of sp³-hybridized carbons (Fsp3) is 0.500. The normalized spacial score (nSPS) is 33.5. The van der Waals surface area contributed by atoms with E-state index in [2.05, 4.69) is 14.9 Å². The topological polar surface area (TPSA) is 90.7 Å². The summed E-state index contributed by atoms with van der Waals surface area (Å²) in [7, 11) is 0.